The van der Waals surface area contributed by atoms with Crippen molar-refractivity contribution in [3.8, 4) is 0 Å². The molecule has 0 saturated heterocycles. The van der Waals surface area contributed by atoms with Crippen LogP contribution in [0.4, 0.5) is 5.69 Å². The fourth-order valence-corrected chi connectivity index (χ4v) is 2.16. The molecule has 21 heavy (non-hydrogen) atoms. The average molecular weight is 280 g/mol. The summed E-state index contributed by atoms with van der Waals surface area (Å²) < 4.78 is 0. The SMILES string of the molecule is C=Cc1cc(CNC(=O)Cc2ccccc2)ccc1NC. The zero-order chi connectivity index (χ0) is 15.1. The van der Waals surface area contributed by atoms with Crippen molar-refractivity contribution < 1.29 is 4.79 Å². The molecule has 0 heterocycles. The predicted octanol–water partition coefficient (Wildman–Crippen LogP) is 3.23. The van der Waals surface area contributed by atoms with Crippen LogP contribution in [0.2, 0.25) is 0 Å². The Balaban J connectivity index is 1.93. The molecule has 2 N–H and O–H groups in total. The highest BCUT2D eigenvalue weighted by Gasteiger charge is 2.04. The third-order valence-corrected chi connectivity index (χ3v) is 3.30. The molecule has 0 bridgehead atoms. The lowest BCUT2D eigenvalue weighted by Crippen LogP contribution is -2.24. The van der Waals surface area contributed by atoms with Gasteiger partial charge in [-0.2, -0.15) is 0 Å². The third kappa shape index (κ3) is 4.21. The summed E-state index contributed by atoms with van der Waals surface area (Å²) in [4.78, 5) is 11.9. The van der Waals surface area contributed by atoms with E-state index in [0.29, 0.717) is 13.0 Å². The van der Waals surface area contributed by atoms with Crippen molar-refractivity contribution >= 4 is 17.7 Å². The number of hydrogen-bond acceptors (Lipinski definition) is 2. The van der Waals surface area contributed by atoms with Crippen LogP contribution in [0.15, 0.2) is 55.1 Å². The fraction of sp³-hybridized carbons (Fsp3) is 0.167. The summed E-state index contributed by atoms with van der Waals surface area (Å²) in [5.41, 5.74) is 4.15. The molecule has 3 heteroatoms. The van der Waals surface area contributed by atoms with Gasteiger partial charge in [-0.1, -0.05) is 49.1 Å². The molecule has 0 aliphatic heterocycles. The quantitative estimate of drug-likeness (QED) is 0.853. The molecule has 0 atom stereocenters. The topological polar surface area (TPSA) is 41.1 Å². The van der Waals surface area contributed by atoms with E-state index in [1.165, 1.54) is 0 Å². The molecule has 0 radical (unpaired) electrons. The Labute approximate surface area is 125 Å². The maximum atomic E-state index is 11.9. The number of hydrogen-bond donors (Lipinski definition) is 2. The number of nitrogens with one attached hydrogen (secondary N) is 2. The molecular formula is C18H20N2O. The minimum Gasteiger partial charge on any atom is -0.388 e. The molecule has 0 aliphatic rings. The van der Waals surface area contributed by atoms with Gasteiger partial charge in [-0.15, -0.1) is 0 Å². The average Bonchev–Trinajstić information content (AvgIpc) is 2.53. The smallest absolute Gasteiger partial charge is 0.224 e. The van der Waals surface area contributed by atoms with Gasteiger partial charge >= 0.3 is 0 Å². The summed E-state index contributed by atoms with van der Waals surface area (Å²) in [5.74, 6) is 0.0269. The Kier molecular flexibility index (Phi) is 5.16. The van der Waals surface area contributed by atoms with E-state index in [2.05, 4.69) is 17.2 Å². The summed E-state index contributed by atoms with van der Waals surface area (Å²) in [6.07, 6.45) is 2.21. The molecule has 2 rings (SSSR count). The van der Waals surface area contributed by atoms with Crippen LogP contribution in [0.1, 0.15) is 16.7 Å². The standard InChI is InChI=1S/C18H20N2O/c1-3-16-11-15(9-10-17(16)19-2)13-20-18(21)12-14-7-5-4-6-8-14/h3-11,19H,1,12-13H2,2H3,(H,20,21). The monoisotopic (exact) mass is 280 g/mol. The number of amides is 1. The van der Waals surface area contributed by atoms with E-state index in [9.17, 15) is 4.79 Å². The third-order valence-electron chi connectivity index (χ3n) is 3.30. The van der Waals surface area contributed by atoms with E-state index >= 15 is 0 Å². The maximum Gasteiger partial charge on any atom is 0.224 e. The van der Waals surface area contributed by atoms with Crippen LogP contribution >= 0.6 is 0 Å². The van der Waals surface area contributed by atoms with E-state index < -0.39 is 0 Å². The molecule has 108 valence electrons. The van der Waals surface area contributed by atoms with Crippen LogP contribution in [0.3, 0.4) is 0 Å². The molecule has 0 aromatic heterocycles. The van der Waals surface area contributed by atoms with Crippen molar-refractivity contribution in [2.75, 3.05) is 12.4 Å². The number of anilines is 1. The van der Waals surface area contributed by atoms with Gasteiger partial charge < -0.3 is 10.6 Å². The first kappa shape index (κ1) is 14.9. The molecule has 0 unspecified atom stereocenters. The normalized spacial score (nSPS) is 9.95. The lowest BCUT2D eigenvalue weighted by atomic mass is 10.1. The van der Waals surface area contributed by atoms with E-state index in [1.807, 2.05) is 55.6 Å². The first-order valence-electron chi connectivity index (χ1n) is 6.96. The summed E-state index contributed by atoms with van der Waals surface area (Å²) >= 11 is 0. The Morgan fingerprint density at radius 3 is 2.57 bits per heavy atom. The van der Waals surface area contributed by atoms with Crippen molar-refractivity contribution in [3.05, 3.63) is 71.8 Å². The fourth-order valence-electron chi connectivity index (χ4n) is 2.16. The molecular weight excluding hydrogens is 260 g/mol. The Hall–Kier alpha value is -2.55. The van der Waals surface area contributed by atoms with E-state index in [0.717, 1.165) is 22.4 Å². The molecule has 3 nitrogen and oxygen atoms in total. The van der Waals surface area contributed by atoms with E-state index in [-0.39, 0.29) is 5.91 Å². The van der Waals surface area contributed by atoms with Crippen molar-refractivity contribution in [2.45, 2.75) is 13.0 Å². The highest BCUT2D eigenvalue weighted by Crippen LogP contribution is 2.18. The lowest BCUT2D eigenvalue weighted by molar-refractivity contribution is -0.120. The Morgan fingerprint density at radius 2 is 1.90 bits per heavy atom. The molecule has 1 amide bonds. The van der Waals surface area contributed by atoms with Gasteiger partial charge in [-0.3, -0.25) is 4.79 Å². The van der Waals surface area contributed by atoms with Crippen LogP contribution in [0, 0.1) is 0 Å². The zero-order valence-corrected chi connectivity index (χ0v) is 12.2. The number of carbonyl (C=O) groups excluding carboxylic acids is 1. The van der Waals surface area contributed by atoms with E-state index in [4.69, 9.17) is 0 Å². The van der Waals surface area contributed by atoms with Gasteiger partial charge in [-0.25, -0.2) is 0 Å². The second-order valence-corrected chi connectivity index (χ2v) is 4.81. The van der Waals surface area contributed by atoms with Crippen LogP contribution in [-0.4, -0.2) is 13.0 Å². The number of carbonyl (C=O) groups is 1. The summed E-state index contributed by atoms with van der Waals surface area (Å²) in [6, 6.07) is 15.8. The van der Waals surface area contributed by atoms with Crippen molar-refractivity contribution in [1.82, 2.24) is 5.32 Å². The second kappa shape index (κ2) is 7.29. The van der Waals surface area contributed by atoms with Gasteiger partial charge in [0, 0.05) is 19.3 Å². The summed E-state index contributed by atoms with van der Waals surface area (Å²) in [5, 5.41) is 6.06. The largest absolute Gasteiger partial charge is 0.388 e. The van der Waals surface area contributed by atoms with E-state index in [1.54, 1.807) is 6.08 Å². The van der Waals surface area contributed by atoms with Crippen LogP contribution in [0.5, 0.6) is 0 Å². The first-order chi connectivity index (χ1) is 10.2. The second-order valence-electron chi connectivity index (χ2n) is 4.81. The van der Waals surface area contributed by atoms with Crippen LogP contribution in [0.25, 0.3) is 6.08 Å². The zero-order valence-electron chi connectivity index (χ0n) is 12.2. The Morgan fingerprint density at radius 1 is 1.14 bits per heavy atom. The number of benzene rings is 2. The van der Waals surface area contributed by atoms with Crippen molar-refractivity contribution in [2.24, 2.45) is 0 Å². The van der Waals surface area contributed by atoms with Gasteiger partial charge in [0.2, 0.25) is 5.91 Å². The first-order valence-corrected chi connectivity index (χ1v) is 6.96. The summed E-state index contributed by atoms with van der Waals surface area (Å²) in [6.45, 7) is 4.33. The molecule has 2 aromatic rings. The highest BCUT2D eigenvalue weighted by atomic mass is 16.1. The minimum absolute atomic E-state index is 0.0269. The molecule has 0 fully saturated rings. The molecule has 2 aromatic carbocycles. The van der Waals surface area contributed by atoms with Gasteiger partial charge in [0.1, 0.15) is 0 Å². The van der Waals surface area contributed by atoms with Crippen molar-refractivity contribution in [3.63, 3.8) is 0 Å². The minimum atomic E-state index is 0.0269. The Bertz CT molecular complexity index is 620. The van der Waals surface area contributed by atoms with Gasteiger partial charge in [0.05, 0.1) is 6.42 Å². The van der Waals surface area contributed by atoms with Gasteiger partial charge in [0.25, 0.3) is 0 Å². The van der Waals surface area contributed by atoms with Crippen LogP contribution < -0.4 is 10.6 Å². The predicted molar refractivity (Wildman–Crippen MR) is 88.1 cm³/mol. The summed E-state index contributed by atoms with van der Waals surface area (Å²) in [7, 11) is 1.88. The maximum absolute atomic E-state index is 11.9. The molecule has 0 spiro atoms. The molecule has 0 saturated carbocycles. The lowest BCUT2D eigenvalue weighted by Gasteiger charge is -2.09. The van der Waals surface area contributed by atoms with Crippen molar-refractivity contribution in [1.29, 1.82) is 0 Å². The molecule has 0 aliphatic carbocycles. The van der Waals surface area contributed by atoms with Gasteiger partial charge in [0.15, 0.2) is 0 Å². The number of rotatable bonds is 6. The van der Waals surface area contributed by atoms with Crippen LogP contribution in [-0.2, 0) is 17.8 Å². The highest BCUT2D eigenvalue weighted by molar-refractivity contribution is 5.78. The van der Waals surface area contributed by atoms with Gasteiger partial charge in [-0.05, 0) is 28.8 Å².